The van der Waals surface area contributed by atoms with E-state index in [1.165, 1.54) is 13.0 Å². The second-order valence-corrected chi connectivity index (χ2v) is 3.20. The molecule has 1 N–H and O–H groups in total. The molecule has 0 aliphatic heterocycles. The van der Waals surface area contributed by atoms with E-state index in [1.807, 2.05) is 0 Å². The third kappa shape index (κ3) is 2.16. The van der Waals surface area contributed by atoms with Gasteiger partial charge < -0.3 is 5.11 Å². The van der Waals surface area contributed by atoms with E-state index in [1.54, 1.807) is 0 Å². The highest BCUT2D eigenvalue weighted by molar-refractivity contribution is 5.90. The summed E-state index contributed by atoms with van der Waals surface area (Å²) in [7, 11) is 0. The first-order chi connectivity index (χ1) is 6.32. The number of halogens is 3. The maximum atomic E-state index is 12.3. The van der Waals surface area contributed by atoms with Crippen LogP contribution < -0.4 is 0 Å². The molecule has 1 atom stereocenters. The SMILES string of the molecule is C[C@H]1CC=C(C(=O)O)C=C1C(F)(F)F. The largest absolute Gasteiger partial charge is 0.478 e. The molecule has 0 fully saturated rings. The van der Waals surface area contributed by atoms with Gasteiger partial charge in [-0.2, -0.15) is 13.2 Å². The number of carboxylic acids is 1. The zero-order chi connectivity index (χ0) is 10.9. The van der Waals surface area contributed by atoms with E-state index in [0.29, 0.717) is 6.08 Å². The minimum absolute atomic E-state index is 0.118. The van der Waals surface area contributed by atoms with Gasteiger partial charge in [-0.25, -0.2) is 4.79 Å². The fourth-order valence-corrected chi connectivity index (χ4v) is 1.31. The lowest BCUT2D eigenvalue weighted by atomic mass is 9.89. The summed E-state index contributed by atoms with van der Waals surface area (Å²) in [5.41, 5.74) is -1.05. The van der Waals surface area contributed by atoms with Gasteiger partial charge in [0.05, 0.1) is 5.57 Å². The van der Waals surface area contributed by atoms with Crippen LogP contribution in [0.2, 0.25) is 0 Å². The molecule has 1 aliphatic carbocycles. The molecule has 0 bridgehead atoms. The third-order valence-corrected chi connectivity index (χ3v) is 2.11. The number of rotatable bonds is 1. The summed E-state index contributed by atoms with van der Waals surface area (Å²) in [6.45, 7) is 1.43. The zero-order valence-electron chi connectivity index (χ0n) is 7.43. The second-order valence-electron chi connectivity index (χ2n) is 3.20. The van der Waals surface area contributed by atoms with Crippen molar-refractivity contribution in [2.24, 2.45) is 5.92 Å². The molecule has 0 heterocycles. The topological polar surface area (TPSA) is 37.3 Å². The van der Waals surface area contributed by atoms with Gasteiger partial charge in [0, 0.05) is 5.57 Å². The van der Waals surface area contributed by atoms with E-state index in [2.05, 4.69) is 0 Å². The van der Waals surface area contributed by atoms with Gasteiger partial charge in [-0.15, -0.1) is 0 Å². The van der Waals surface area contributed by atoms with Gasteiger partial charge in [-0.3, -0.25) is 0 Å². The number of carbonyl (C=O) groups is 1. The maximum absolute atomic E-state index is 12.3. The van der Waals surface area contributed by atoms with Crippen LogP contribution in [0.25, 0.3) is 0 Å². The smallest absolute Gasteiger partial charge is 0.412 e. The molecule has 0 saturated carbocycles. The Kier molecular flexibility index (Phi) is 2.69. The lowest BCUT2D eigenvalue weighted by Gasteiger charge is -2.21. The number of hydrogen-bond donors (Lipinski definition) is 1. The molecule has 0 amide bonds. The molecule has 1 aliphatic rings. The van der Waals surface area contributed by atoms with Crippen LogP contribution in [0.5, 0.6) is 0 Å². The Morgan fingerprint density at radius 3 is 2.57 bits per heavy atom. The van der Waals surface area contributed by atoms with Gasteiger partial charge in [0.25, 0.3) is 0 Å². The van der Waals surface area contributed by atoms with E-state index in [0.717, 1.165) is 0 Å². The Balaban J connectivity index is 3.03. The predicted molar refractivity (Wildman–Crippen MR) is 43.6 cm³/mol. The van der Waals surface area contributed by atoms with Crippen LogP contribution >= 0.6 is 0 Å². The maximum Gasteiger partial charge on any atom is 0.412 e. The normalized spacial score (nSPS) is 22.7. The van der Waals surface area contributed by atoms with Crippen LogP contribution in [0.3, 0.4) is 0 Å². The highest BCUT2D eigenvalue weighted by atomic mass is 19.4. The molecule has 1 rings (SSSR count). The van der Waals surface area contributed by atoms with Crippen molar-refractivity contribution in [1.82, 2.24) is 0 Å². The first-order valence-corrected chi connectivity index (χ1v) is 4.04. The summed E-state index contributed by atoms with van der Waals surface area (Å²) in [6.07, 6.45) is -2.31. The molecular weight excluding hydrogens is 197 g/mol. The number of hydrogen-bond acceptors (Lipinski definition) is 1. The highest BCUT2D eigenvalue weighted by Crippen LogP contribution is 2.36. The van der Waals surface area contributed by atoms with E-state index in [9.17, 15) is 18.0 Å². The molecule has 78 valence electrons. The van der Waals surface area contributed by atoms with E-state index in [4.69, 9.17) is 5.11 Å². The van der Waals surface area contributed by atoms with Crippen molar-refractivity contribution in [3.05, 3.63) is 23.3 Å². The number of allylic oxidation sites excluding steroid dienone is 2. The molecule has 0 aromatic rings. The average Bonchev–Trinajstić information content (AvgIpc) is 2.02. The van der Waals surface area contributed by atoms with Crippen molar-refractivity contribution in [2.75, 3.05) is 0 Å². The zero-order valence-corrected chi connectivity index (χ0v) is 7.43. The molecule has 0 aromatic heterocycles. The van der Waals surface area contributed by atoms with Crippen molar-refractivity contribution < 1.29 is 23.1 Å². The Morgan fingerprint density at radius 1 is 1.57 bits per heavy atom. The number of carboxylic acid groups (broad SMARTS) is 1. The average molecular weight is 206 g/mol. The molecule has 2 nitrogen and oxygen atoms in total. The van der Waals surface area contributed by atoms with Crippen LogP contribution in [0, 0.1) is 5.92 Å². The summed E-state index contributed by atoms with van der Waals surface area (Å²) in [5, 5.41) is 8.53. The van der Waals surface area contributed by atoms with Gasteiger partial charge in [0.1, 0.15) is 0 Å². The molecule has 0 spiro atoms. The first kappa shape index (κ1) is 10.8. The fraction of sp³-hybridized carbons (Fsp3) is 0.444. The van der Waals surface area contributed by atoms with Gasteiger partial charge in [-0.05, 0) is 18.4 Å². The van der Waals surface area contributed by atoms with E-state index >= 15 is 0 Å². The minimum Gasteiger partial charge on any atom is -0.478 e. The third-order valence-electron chi connectivity index (χ3n) is 2.11. The van der Waals surface area contributed by atoms with Gasteiger partial charge in [-0.1, -0.05) is 13.0 Å². The molecule has 0 unspecified atom stereocenters. The lowest BCUT2D eigenvalue weighted by molar-refractivity contribution is -0.132. The number of aliphatic carboxylic acids is 1. The van der Waals surface area contributed by atoms with E-state index in [-0.39, 0.29) is 12.0 Å². The van der Waals surface area contributed by atoms with Gasteiger partial charge in [0.2, 0.25) is 0 Å². The fourth-order valence-electron chi connectivity index (χ4n) is 1.31. The summed E-state index contributed by atoms with van der Waals surface area (Å²) in [4.78, 5) is 10.5. The molecule has 5 heteroatoms. The van der Waals surface area contributed by atoms with Gasteiger partial charge in [0.15, 0.2) is 0 Å². The van der Waals surface area contributed by atoms with Crippen molar-refractivity contribution in [2.45, 2.75) is 19.5 Å². The monoisotopic (exact) mass is 206 g/mol. The molecule has 14 heavy (non-hydrogen) atoms. The second kappa shape index (κ2) is 3.48. The Labute approximate surface area is 78.7 Å². The predicted octanol–water partition coefficient (Wildman–Crippen LogP) is 2.53. The molecule has 0 radical (unpaired) electrons. The van der Waals surface area contributed by atoms with Crippen molar-refractivity contribution in [3.8, 4) is 0 Å². The molecular formula is C9H9F3O2. The quantitative estimate of drug-likeness (QED) is 0.715. The summed E-state index contributed by atoms with van der Waals surface area (Å²) in [5.74, 6) is -1.99. The molecule has 0 aromatic carbocycles. The van der Waals surface area contributed by atoms with Crippen LogP contribution in [-0.4, -0.2) is 17.3 Å². The van der Waals surface area contributed by atoms with Crippen molar-refractivity contribution in [1.29, 1.82) is 0 Å². The summed E-state index contributed by atoms with van der Waals surface area (Å²) in [6, 6.07) is 0. The van der Waals surface area contributed by atoms with Crippen LogP contribution in [-0.2, 0) is 4.79 Å². The van der Waals surface area contributed by atoms with Crippen LogP contribution in [0.4, 0.5) is 13.2 Å². The van der Waals surface area contributed by atoms with Crippen LogP contribution in [0.15, 0.2) is 23.3 Å². The van der Waals surface area contributed by atoms with Crippen molar-refractivity contribution in [3.63, 3.8) is 0 Å². The van der Waals surface area contributed by atoms with Crippen molar-refractivity contribution >= 4 is 5.97 Å². The minimum atomic E-state index is -4.44. The molecule has 0 saturated heterocycles. The highest BCUT2D eigenvalue weighted by Gasteiger charge is 2.38. The van der Waals surface area contributed by atoms with E-state index < -0.39 is 23.6 Å². The Hall–Kier alpha value is -1.26. The van der Waals surface area contributed by atoms with Gasteiger partial charge >= 0.3 is 12.1 Å². The lowest BCUT2D eigenvalue weighted by Crippen LogP contribution is -2.21. The standard InChI is InChI=1S/C9H9F3O2/c1-5-2-3-6(8(13)14)4-7(5)9(10,11)12/h3-5H,2H2,1H3,(H,13,14)/t5-/m0/s1. The first-order valence-electron chi connectivity index (χ1n) is 4.04. The Morgan fingerprint density at radius 2 is 2.14 bits per heavy atom. The Bertz CT molecular complexity index is 313. The number of alkyl halides is 3. The summed E-state index contributed by atoms with van der Waals surface area (Å²) >= 11 is 0. The summed E-state index contributed by atoms with van der Waals surface area (Å²) < 4.78 is 37.0. The van der Waals surface area contributed by atoms with Crippen LogP contribution in [0.1, 0.15) is 13.3 Å².